The maximum Gasteiger partial charge on any atom is 0.426 e. The van der Waals surface area contributed by atoms with Crippen LogP contribution >= 0.6 is 0 Å². The van der Waals surface area contributed by atoms with Gasteiger partial charge in [-0.2, -0.15) is 0 Å². The molecule has 1 amide bonds. The number of carbonyl (C=O) groups is 1. The standard InChI is InChI=1S/C24H30F2N6O3/c1-31-8-5-20(22(31)15-2-3-18(25)19(26)12-15)30-24(33)35-32-9-4-16-13-27-23(29-21(16)14-32)28-17-6-10-34-11-7-17/h2-3,12-13,17,20,22H,4-11,14H2,1H3,(H,30,33)(H,27,28,29). The molecule has 0 aliphatic carbocycles. The molecule has 3 aliphatic rings. The van der Waals surface area contributed by atoms with Crippen molar-refractivity contribution in [3.8, 4) is 0 Å². The highest BCUT2D eigenvalue weighted by Crippen LogP contribution is 2.32. The van der Waals surface area contributed by atoms with E-state index in [4.69, 9.17) is 9.57 Å². The summed E-state index contributed by atoms with van der Waals surface area (Å²) in [4.78, 5) is 29.4. The maximum absolute atomic E-state index is 13.8. The normalized spacial score (nSPS) is 23.6. The molecule has 5 rings (SSSR count). The third-order valence-corrected chi connectivity index (χ3v) is 6.91. The number of nitrogens with zero attached hydrogens (tertiary/aromatic N) is 4. The Morgan fingerprint density at radius 3 is 2.80 bits per heavy atom. The van der Waals surface area contributed by atoms with E-state index in [-0.39, 0.29) is 18.1 Å². The highest BCUT2D eigenvalue weighted by molar-refractivity contribution is 5.67. The maximum atomic E-state index is 13.8. The Kier molecular flexibility index (Phi) is 7.07. The van der Waals surface area contributed by atoms with Gasteiger partial charge in [0.1, 0.15) is 0 Å². The number of carbonyl (C=O) groups excluding carboxylic acids is 1. The fraction of sp³-hybridized carbons (Fsp3) is 0.542. The highest BCUT2D eigenvalue weighted by Gasteiger charge is 2.35. The second-order valence-corrected chi connectivity index (χ2v) is 9.33. The van der Waals surface area contributed by atoms with E-state index in [1.165, 1.54) is 6.07 Å². The zero-order valence-electron chi connectivity index (χ0n) is 19.7. The number of likely N-dealkylation sites (N-methyl/N-ethyl adjacent to an activating group) is 1. The van der Waals surface area contributed by atoms with Crippen molar-refractivity contribution in [3.05, 3.63) is 52.9 Å². The first-order valence-electron chi connectivity index (χ1n) is 12.0. The first-order chi connectivity index (χ1) is 17.0. The van der Waals surface area contributed by atoms with E-state index in [1.54, 1.807) is 11.1 Å². The van der Waals surface area contributed by atoms with Gasteiger partial charge in [-0.15, -0.1) is 5.06 Å². The smallest absolute Gasteiger partial charge is 0.381 e. The van der Waals surface area contributed by atoms with E-state index in [0.29, 0.717) is 44.0 Å². The number of anilines is 1. The summed E-state index contributed by atoms with van der Waals surface area (Å²) in [7, 11) is 1.90. The number of aromatic nitrogens is 2. The first kappa shape index (κ1) is 23.8. The lowest BCUT2D eigenvalue weighted by Crippen LogP contribution is -2.43. The van der Waals surface area contributed by atoms with Crippen LogP contribution in [-0.4, -0.2) is 71.5 Å². The summed E-state index contributed by atoms with van der Waals surface area (Å²) in [6, 6.07) is 3.59. The lowest BCUT2D eigenvalue weighted by molar-refractivity contribution is -0.113. The molecule has 2 atom stereocenters. The summed E-state index contributed by atoms with van der Waals surface area (Å²) in [5.74, 6) is -1.22. The Morgan fingerprint density at radius 1 is 1.17 bits per heavy atom. The zero-order chi connectivity index (χ0) is 24.4. The minimum Gasteiger partial charge on any atom is -0.381 e. The van der Waals surface area contributed by atoms with E-state index in [9.17, 15) is 13.6 Å². The molecule has 3 aliphatic heterocycles. The predicted octanol–water partition coefficient (Wildman–Crippen LogP) is 2.79. The lowest BCUT2D eigenvalue weighted by atomic mass is 10.00. The Bertz CT molecular complexity index is 1070. The third-order valence-electron chi connectivity index (χ3n) is 6.91. The van der Waals surface area contributed by atoms with Crippen molar-refractivity contribution in [3.63, 3.8) is 0 Å². The number of rotatable bonds is 5. The van der Waals surface area contributed by atoms with Crippen LogP contribution in [0, 0.1) is 11.6 Å². The van der Waals surface area contributed by atoms with Gasteiger partial charge in [0.25, 0.3) is 0 Å². The van der Waals surface area contributed by atoms with Crippen LogP contribution in [0.15, 0.2) is 24.4 Å². The fourth-order valence-electron chi connectivity index (χ4n) is 5.03. The molecule has 0 radical (unpaired) electrons. The van der Waals surface area contributed by atoms with Gasteiger partial charge in [-0.3, -0.25) is 4.90 Å². The molecule has 2 fully saturated rings. The SMILES string of the molecule is CN1CCC(NC(=O)ON2CCc3cnc(NC4CCOCC4)nc3C2)C1c1ccc(F)c(F)c1. The zero-order valence-corrected chi connectivity index (χ0v) is 19.7. The van der Waals surface area contributed by atoms with Crippen molar-refractivity contribution >= 4 is 12.0 Å². The topological polar surface area (TPSA) is 91.9 Å². The monoisotopic (exact) mass is 488 g/mol. The number of hydroxylamine groups is 2. The summed E-state index contributed by atoms with van der Waals surface area (Å²) >= 11 is 0. The molecule has 0 saturated carbocycles. The number of hydrogen-bond acceptors (Lipinski definition) is 8. The van der Waals surface area contributed by atoms with Gasteiger partial charge >= 0.3 is 6.09 Å². The summed E-state index contributed by atoms with van der Waals surface area (Å²) in [5.41, 5.74) is 2.48. The van der Waals surface area contributed by atoms with Crippen LogP contribution < -0.4 is 10.6 Å². The van der Waals surface area contributed by atoms with Crippen LogP contribution in [0.4, 0.5) is 19.5 Å². The van der Waals surface area contributed by atoms with Gasteiger partial charge in [0.05, 0.1) is 24.3 Å². The summed E-state index contributed by atoms with van der Waals surface area (Å²) in [5, 5.41) is 7.87. The predicted molar refractivity (Wildman–Crippen MR) is 123 cm³/mol. The quantitative estimate of drug-likeness (QED) is 0.664. The number of nitrogens with one attached hydrogen (secondary N) is 2. The second-order valence-electron chi connectivity index (χ2n) is 9.33. The average Bonchev–Trinajstić information content (AvgIpc) is 3.21. The van der Waals surface area contributed by atoms with Crippen LogP contribution in [-0.2, 0) is 22.5 Å². The van der Waals surface area contributed by atoms with Crippen LogP contribution in [0.5, 0.6) is 0 Å². The average molecular weight is 489 g/mol. The number of likely N-dealkylation sites (tertiary alicyclic amines) is 1. The van der Waals surface area contributed by atoms with Gasteiger partial charge < -0.3 is 20.2 Å². The van der Waals surface area contributed by atoms with Gasteiger partial charge in [-0.05, 0) is 56.0 Å². The van der Waals surface area contributed by atoms with E-state index in [1.807, 2.05) is 18.1 Å². The largest absolute Gasteiger partial charge is 0.426 e. The molecule has 0 spiro atoms. The Hall–Kier alpha value is -2.89. The van der Waals surface area contributed by atoms with Gasteiger partial charge in [0.2, 0.25) is 5.95 Å². The molecule has 1 aromatic heterocycles. The molecule has 2 unspecified atom stereocenters. The number of hydrogen-bond donors (Lipinski definition) is 2. The molecule has 35 heavy (non-hydrogen) atoms. The summed E-state index contributed by atoms with van der Waals surface area (Å²) < 4.78 is 32.6. The molecule has 2 N–H and O–H groups in total. The van der Waals surface area contributed by atoms with Crippen molar-refractivity contribution in [2.24, 2.45) is 0 Å². The van der Waals surface area contributed by atoms with Crippen molar-refractivity contribution < 1.29 is 23.1 Å². The van der Waals surface area contributed by atoms with E-state index >= 15 is 0 Å². The van der Waals surface area contributed by atoms with Crippen molar-refractivity contribution in [1.29, 1.82) is 0 Å². The summed E-state index contributed by atoms with van der Waals surface area (Å²) in [6.07, 6.45) is 4.43. The number of fused-ring (bicyclic) bond motifs is 1. The Labute approximate surface area is 202 Å². The van der Waals surface area contributed by atoms with Gasteiger partial charge in [0.15, 0.2) is 11.6 Å². The van der Waals surface area contributed by atoms with Crippen LogP contribution in [0.25, 0.3) is 0 Å². The first-order valence-corrected chi connectivity index (χ1v) is 12.0. The molecular formula is C24H30F2N6O3. The molecule has 0 bridgehead atoms. The number of halogens is 2. The number of amides is 1. The molecule has 9 nitrogen and oxygen atoms in total. The molecule has 11 heteroatoms. The Morgan fingerprint density at radius 2 is 2.00 bits per heavy atom. The molecule has 188 valence electrons. The lowest BCUT2D eigenvalue weighted by Gasteiger charge is -2.29. The van der Waals surface area contributed by atoms with E-state index in [2.05, 4.69) is 20.6 Å². The van der Waals surface area contributed by atoms with Crippen LogP contribution in [0.3, 0.4) is 0 Å². The van der Waals surface area contributed by atoms with E-state index < -0.39 is 17.7 Å². The van der Waals surface area contributed by atoms with Gasteiger partial charge in [-0.1, -0.05) is 6.07 Å². The molecule has 2 aromatic rings. The second kappa shape index (κ2) is 10.4. The van der Waals surface area contributed by atoms with Crippen molar-refractivity contribution in [2.45, 2.75) is 50.4 Å². The molecule has 4 heterocycles. The Balaban J connectivity index is 1.19. The van der Waals surface area contributed by atoms with E-state index in [0.717, 1.165) is 43.4 Å². The molecule has 1 aromatic carbocycles. The fourth-order valence-corrected chi connectivity index (χ4v) is 5.03. The molecule has 2 saturated heterocycles. The minimum absolute atomic E-state index is 0.272. The van der Waals surface area contributed by atoms with Crippen LogP contribution in [0.2, 0.25) is 0 Å². The highest BCUT2D eigenvalue weighted by atomic mass is 19.2. The van der Waals surface area contributed by atoms with Gasteiger partial charge in [-0.25, -0.2) is 23.5 Å². The van der Waals surface area contributed by atoms with Crippen molar-refractivity contribution in [2.75, 3.05) is 38.7 Å². The van der Waals surface area contributed by atoms with Crippen molar-refractivity contribution in [1.82, 2.24) is 25.2 Å². The van der Waals surface area contributed by atoms with Crippen LogP contribution in [0.1, 0.15) is 42.1 Å². The molecular weight excluding hydrogens is 458 g/mol. The minimum atomic E-state index is -0.899. The third kappa shape index (κ3) is 5.52. The van der Waals surface area contributed by atoms with Gasteiger partial charge in [0, 0.05) is 38.5 Å². The number of ether oxygens (including phenoxy) is 1. The summed E-state index contributed by atoms with van der Waals surface area (Å²) in [6.45, 7) is 3.07. The number of benzene rings is 1.